The fourth-order valence-electron chi connectivity index (χ4n) is 1.93. The SMILES string of the molecule is C=CC(=C\C=CC(CC)/C(N)=N/O)/C(=N/O)c1ccccc1. The second-order valence-electron chi connectivity index (χ2n) is 4.57. The molecule has 0 radical (unpaired) electrons. The summed E-state index contributed by atoms with van der Waals surface area (Å²) < 4.78 is 0. The topological polar surface area (TPSA) is 91.2 Å². The maximum Gasteiger partial charge on any atom is 0.146 e. The Morgan fingerprint density at radius 3 is 2.45 bits per heavy atom. The maximum absolute atomic E-state index is 9.27. The van der Waals surface area contributed by atoms with Crippen LogP contribution in [0.25, 0.3) is 0 Å². The average molecular weight is 299 g/mol. The predicted molar refractivity (Wildman–Crippen MR) is 89.4 cm³/mol. The third-order valence-corrected chi connectivity index (χ3v) is 3.19. The largest absolute Gasteiger partial charge is 0.410 e. The first-order valence-electron chi connectivity index (χ1n) is 6.94. The molecule has 0 heterocycles. The molecule has 0 aliphatic carbocycles. The number of nitrogens with two attached hydrogens (primary N) is 1. The van der Waals surface area contributed by atoms with E-state index in [4.69, 9.17) is 10.9 Å². The molecule has 0 saturated heterocycles. The monoisotopic (exact) mass is 299 g/mol. The summed E-state index contributed by atoms with van der Waals surface area (Å²) in [5, 5.41) is 24.3. The van der Waals surface area contributed by atoms with Gasteiger partial charge in [-0.1, -0.05) is 78.5 Å². The van der Waals surface area contributed by atoms with Gasteiger partial charge in [0.2, 0.25) is 0 Å². The molecule has 1 aromatic carbocycles. The minimum absolute atomic E-state index is 0.154. The van der Waals surface area contributed by atoms with Crippen LogP contribution in [0.15, 0.2) is 77.1 Å². The standard InChI is InChI=1S/C17H21N3O2/c1-3-13(11-8-12-14(4-2)17(18)20-22)16(19-21)15-9-6-5-7-10-15/h3,5-12,14,21-22H,1,4H2,2H3,(H2,18,20)/b12-8?,13-11+,19-16-. The van der Waals surface area contributed by atoms with Crippen molar-refractivity contribution >= 4 is 11.5 Å². The molecule has 1 rings (SSSR count). The van der Waals surface area contributed by atoms with Gasteiger partial charge in [0, 0.05) is 17.1 Å². The molecule has 0 aromatic heterocycles. The second-order valence-corrected chi connectivity index (χ2v) is 4.57. The lowest BCUT2D eigenvalue weighted by atomic mass is 10.0. The normalized spacial score (nSPS) is 15.0. The summed E-state index contributed by atoms with van der Waals surface area (Å²) >= 11 is 0. The van der Waals surface area contributed by atoms with Gasteiger partial charge in [-0.05, 0) is 6.42 Å². The van der Waals surface area contributed by atoms with Crippen molar-refractivity contribution in [2.45, 2.75) is 13.3 Å². The van der Waals surface area contributed by atoms with Gasteiger partial charge < -0.3 is 16.1 Å². The number of benzene rings is 1. The highest BCUT2D eigenvalue weighted by Crippen LogP contribution is 2.12. The number of allylic oxidation sites excluding steroid dienone is 4. The van der Waals surface area contributed by atoms with Gasteiger partial charge in [-0.25, -0.2) is 0 Å². The van der Waals surface area contributed by atoms with Gasteiger partial charge >= 0.3 is 0 Å². The van der Waals surface area contributed by atoms with Crippen molar-refractivity contribution in [3.63, 3.8) is 0 Å². The highest BCUT2D eigenvalue weighted by atomic mass is 16.4. The van der Waals surface area contributed by atoms with Crippen LogP contribution in [0.5, 0.6) is 0 Å². The molecule has 0 amide bonds. The Kier molecular flexibility index (Phi) is 7.19. The van der Waals surface area contributed by atoms with Crippen LogP contribution >= 0.6 is 0 Å². The molecule has 0 aliphatic rings. The van der Waals surface area contributed by atoms with E-state index in [0.717, 1.165) is 5.56 Å². The molecule has 1 atom stereocenters. The molecule has 0 saturated carbocycles. The molecule has 1 unspecified atom stereocenters. The van der Waals surface area contributed by atoms with E-state index in [-0.39, 0.29) is 11.8 Å². The van der Waals surface area contributed by atoms with Crippen LogP contribution in [0.1, 0.15) is 18.9 Å². The Morgan fingerprint density at radius 2 is 1.95 bits per heavy atom. The van der Waals surface area contributed by atoms with Gasteiger partial charge in [-0.3, -0.25) is 0 Å². The Labute approximate surface area is 130 Å². The predicted octanol–water partition coefficient (Wildman–Crippen LogP) is 3.31. The zero-order valence-electron chi connectivity index (χ0n) is 12.6. The van der Waals surface area contributed by atoms with E-state index in [1.54, 1.807) is 18.2 Å². The quantitative estimate of drug-likeness (QED) is 0.237. The summed E-state index contributed by atoms with van der Waals surface area (Å²) in [4.78, 5) is 0. The summed E-state index contributed by atoms with van der Waals surface area (Å²) in [6, 6.07) is 9.31. The average Bonchev–Trinajstić information content (AvgIpc) is 2.58. The molecule has 0 fully saturated rings. The number of oxime groups is 2. The van der Waals surface area contributed by atoms with Gasteiger partial charge in [0.1, 0.15) is 11.5 Å². The first-order chi connectivity index (χ1) is 10.7. The van der Waals surface area contributed by atoms with Crippen LogP contribution in [0.4, 0.5) is 0 Å². The maximum atomic E-state index is 9.27. The van der Waals surface area contributed by atoms with Crippen molar-refractivity contribution in [3.8, 4) is 0 Å². The van der Waals surface area contributed by atoms with Crippen LogP contribution in [0.3, 0.4) is 0 Å². The molecule has 5 nitrogen and oxygen atoms in total. The molecule has 116 valence electrons. The van der Waals surface area contributed by atoms with Crippen molar-refractivity contribution in [1.29, 1.82) is 0 Å². The van der Waals surface area contributed by atoms with Gasteiger partial charge in [0.15, 0.2) is 0 Å². The van der Waals surface area contributed by atoms with Crippen LogP contribution in [-0.4, -0.2) is 22.0 Å². The third-order valence-electron chi connectivity index (χ3n) is 3.19. The number of nitrogens with zero attached hydrogens (tertiary/aromatic N) is 2. The van der Waals surface area contributed by atoms with E-state index in [0.29, 0.717) is 17.7 Å². The van der Waals surface area contributed by atoms with Crippen LogP contribution in [0.2, 0.25) is 0 Å². The van der Waals surface area contributed by atoms with E-state index < -0.39 is 0 Å². The summed E-state index contributed by atoms with van der Waals surface area (Å²) in [5.74, 6) is 0.00460. The molecule has 5 heteroatoms. The first kappa shape index (κ1) is 17.2. The van der Waals surface area contributed by atoms with Crippen LogP contribution < -0.4 is 5.73 Å². The van der Waals surface area contributed by atoms with Gasteiger partial charge in [-0.2, -0.15) is 0 Å². The van der Waals surface area contributed by atoms with E-state index in [2.05, 4.69) is 16.9 Å². The van der Waals surface area contributed by atoms with Gasteiger partial charge in [-0.15, -0.1) is 0 Å². The fraction of sp³-hybridized carbons (Fsp3) is 0.176. The molecular formula is C17H21N3O2. The molecule has 22 heavy (non-hydrogen) atoms. The molecule has 4 N–H and O–H groups in total. The minimum atomic E-state index is -0.154. The summed E-state index contributed by atoms with van der Waals surface area (Å²) in [6.07, 6.45) is 7.68. The lowest BCUT2D eigenvalue weighted by Crippen LogP contribution is -2.21. The highest BCUT2D eigenvalue weighted by molar-refractivity contribution is 6.14. The van der Waals surface area contributed by atoms with Crippen molar-refractivity contribution in [3.05, 3.63) is 72.4 Å². The highest BCUT2D eigenvalue weighted by Gasteiger charge is 2.08. The molecule has 0 spiro atoms. The van der Waals surface area contributed by atoms with E-state index in [9.17, 15) is 5.21 Å². The van der Waals surface area contributed by atoms with Crippen molar-refractivity contribution in [2.75, 3.05) is 0 Å². The van der Waals surface area contributed by atoms with Crippen molar-refractivity contribution < 1.29 is 10.4 Å². The molecule has 0 aliphatic heterocycles. The van der Waals surface area contributed by atoms with E-state index in [1.165, 1.54) is 0 Å². The van der Waals surface area contributed by atoms with Crippen molar-refractivity contribution in [1.82, 2.24) is 0 Å². The van der Waals surface area contributed by atoms with Crippen LogP contribution in [-0.2, 0) is 0 Å². The fourth-order valence-corrected chi connectivity index (χ4v) is 1.93. The molecule has 1 aromatic rings. The van der Waals surface area contributed by atoms with E-state index in [1.807, 2.05) is 43.3 Å². The number of rotatable bonds is 7. The lowest BCUT2D eigenvalue weighted by molar-refractivity contribution is 0.315. The number of hydrogen-bond acceptors (Lipinski definition) is 4. The van der Waals surface area contributed by atoms with Gasteiger partial charge in [0.05, 0.1) is 0 Å². The first-order valence-corrected chi connectivity index (χ1v) is 6.94. The Hall–Kier alpha value is -2.82. The Balaban J connectivity index is 3.02. The molecule has 0 bridgehead atoms. The number of hydrogen-bond donors (Lipinski definition) is 3. The summed E-state index contributed by atoms with van der Waals surface area (Å²) in [7, 11) is 0. The zero-order chi connectivity index (χ0) is 16.4. The Bertz CT molecular complexity index is 602. The smallest absolute Gasteiger partial charge is 0.146 e. The zero-order valence-corrected chi connectivity index (χ0v) is 12.6. The Morgan fingerprint density at radius 1 is 1.27 bits per heavy atom. The second kappa shape index (κ2) is 9.18. The summed E-state index contributed by atoms with van der Waals surface area (Å²) in [6.45, 7) is 5.68. The van der Waals surface area contributed by atoms with Crippen molar-refractivity contribution in [2.24, 2.45) is 22.0 Å². The molecular weight excluding hydrogens is 278 g/mol. The summed E-state index contributed by atoms with van der Waals surface area (Å²) in [5.41, 5.74) is 7.48. The van der Waals surface area contributed by atoms with Crippen LogP contribution in [0, 0.1) is 5.92 Å². The third kappa shape index (κ3) is 4.63. The minimum Gasteiger partial charge on any atom is -0.410 e. The van der Waals surface area contributed by atoms with E-state index >= 15 is 0 Å². The number of amidine groups is 1. The lowest BCUT2D eigenvalue weighted by Gasteiger charge is -2.07. The van der Waals surface area contributed by atoms with Gasteiger partial charge in [0.25, 0.3) is 0 Å².